The van der Waals surface area contributed by atoms with Crippen LogP contribution in [0.4, 0.5) is 0 Å². The Hall–Kier alpha value is 0.140. The van der Waals surface area contributed by atoms with E-state index < -0.39 is 0 Å². The minimum absolute atomic E-state index is 0.251. The van der Waals surface area contributed by atoms with Crippen LogP contribution in [0.1, 0.15) is 12.8 Å². The molecule has 10 heavy (non-hydrogen) atoms. The normalized spacial score (nSPS) is 27.0. The molecule has 1 N–H and O–H groups in total. The van der Waals surface area contributed by atoms with Crippen molar-refractivity contribution in [3.63, 3.8) is 0 Å². The fourth-order valence-electron chi connectivity index (χ4n) is 0.859. The van der Waals surface area contributed by atoms with Crippen LogP contribution in [0.3, 0.4) is 0 Å². The van der Waals surface area contributed by atoms with Gasteiger partial charge in [0, 0.05) is 6.61 Å². The Kier molecular flexibility index (Phi) is 3.39. The van der Waals surface area contributed by atoms with Gasteiger partial charge in [0.05, 0.1) is 0 Å². The standard InChI is InChI=1S/C7H12OS2/c8-4-1-2-7-3-5-10(9)6-7/h3,5-6,8-10H,1-2,4H2. The highest BCUT2D eigenvalue weighted by Crippen LogP contribution is 2.40. The molecule has 1 rings (SSSR count). The molecule has 1 nitrogen and oxygen atoms in total. The maximum Gasteiger partial charge on any atom is 0.0434 e. The van der Waals surface area contributed by atoms with Crippen molar-refractivity contribution in [2.24, 2.45) is 0 Å². The summed E-state index contributed by atoms with van der Waals surface area (Å²) in [4.78, 5) is 0. The Labute approximate surface area is 69.0 Å². The molecule has 0 aromatic heterocycles. The van der Waals surface area contributed by atoms with E-state index in [1.165, 1.54) is 5.57 Å². The van der Waals surface area contributed by atoms with E-state index >= 15 is 0 Å². The predicted molar refractivity (Wildman–Crippen MR) is 51.5 cm³/mol. The maximum atomic E-state index is 8.53. The average Bonchev–Trinajstić information content (AvgIpc) is 2.31. The van der Waals surface area contributed by atoms with Crippen molar-refractivity contribution in [3.8, 4) is 0 Å². The summed E-state index contributed by atoms with van der Waals surface area (Å²) in [6.07, 6.45) is 3.97. The fraction of sp³-hybridized carbons (Fsp3) is 0.429. The monoisotopic (exact) mass is 176 g/mol. The van der Waals surface area contributed by atoms with E-state index in [1.807, 2.05) is 0 Å². The fourth-order valence-corrected chi connectivity index (χ4v) is 2.49. The van der Waals surface area contributed by atoms with Gasteiger partial charge in [-0.05, 0) is 29.2 Å². The van der Waals surface area contributed by atoms with Gasteiger partial charge in [-0.15, -0.1) is 11.7 Å². The molecule has 0 saturated heterocycles. The Balaban J connectivity index is 2.30. The van der Waals surface area contributed by atoms with Crippen LogP contribution in [0, 0.1) is 0 Å². The van der Waals surface area contributed by atoms with Crippen molar-refractivity contribution in [2.75, 3.05) is 6.61 Å². The third kappa shape index (κ3) is 2.40. The van der Waals surface area contributed by atoms with Crippen LogP contribution in [0.5, 0.6) is 0 Å². The van der Waals surface area contributed by atoms with Crippen molar-refractivity contribution in [1.82, 2.24) is 0 Å². The van der Waals surface area contributed by atoms with Gasteiger partial charge in [-0.3, -0.25) is 0 Å². The molecular weight excluding hydrogens is 164 g/mol. The molecule has 1 aliphatic rings. The summed E-state index contributed by atoms with van der Waals surface area (Å²) in [5, 5.41) is 12.8. The van der Waals surface area contributed by atoms with Crippen LogP contribution < -0.4 is 0 Å². The van der Waals surface area contributed by atoms with E-state index in [1.54, 1.807) is 0 Å². The average molecular weight is 176 g/mol. The highest BCUT2D eigenvalue weighted by molar-refractivity contribution is 8.80. The molecule has 0 saturated carbocycles. The lowest BCUT2D eigenvalue weighted by molar-refractivity contribution is 0.289. The lowest BCUT2D eigenvalue weighted by Crippen LogP contribution is -1.82. The predicted octanol–water partition coefficient (Wildman–Crippen LogP) is 2.02. The smallest absolute Gasteiger partial charge is 0.0434 e. The lowest BCUT2D eigenvalue weighted by Gasteiger charge is -1.96. The van der Waals surface area contributed by atoms with E-state index in [0.29, 0.717) is 0 Å². The van der Waals surface area contributed by atoms with Gasteiger partial charge >= 0.3 is 0 Å². The molecule has 0 spiro atoms. The third-order valence-corrected chi connectivity index (χ3v) is 3.16. The summed E-state index contributed by atoms with van der Waals surface area (Å²) < 4.78 is 0. The topological polar surface area (TPSA) is 20.2 Å². The first kappa shape index (κ1) is 8.24. The number of aliphatic hydroxyl groups is 1. The van der Waals surface area contributed by atoms with E-state index in [2.05, 4.69) is 28.6 Å². The van der Waals surface area contributed by atoms with Crippen LogP contribution in [0.25, 0.3) is 0 Å². The summed E-state index contributed by atoms with van der Waals surface area (Å²) in [5.74, 6) is 0. The number of rotatable bonds is 3. The van der Waals surface area contributed by atoms with Crippen molar-refractivity contribution >= 4 is 21.6 Å². The summed E-state index contributed by atoms with van der Waals surface area (Å²) in [5.41, 5.74) is 1.33. The zero-order valence-corrected chi connectivity index (χ0v) is 7.48. The second kappa shape index (κ2) is 4.11. The molecule has 0 aliphatic carbocycles. The molecule has 0 radical (unpaired) electrons. The van der Waals surface area contributed by atoms with Crippen LogP contribution >= 0.6 is 21.6 Å². The minimum Gasteiger partial charge on any atom is -0.396 e. The first-order valence-electron chi connectivity index (χ1n) is 3.30. The molecule has 1 heterocycles. The van der Waals surface area contributed by atoms with E-state index in [0.717, 1.165) is 12.8 Å². The molecule has 0 amide bonds. The van der Waals surface area contributed by atoms with E-state index in [4.69, 9.17) is 5.11 Å². The zero-order chi connectivity index (χ0) is 7.40. The lowest BCUT2D eigenvalue weighted by atomic mass is 10.2. The Morgan fingerprint density at radius 3 is 2.90 bits per heavy atom. The number of hydrogen-bond acceptors (Lipinski definition) is 2. The SMILES string of the molecule is OCCCC1=C[SH](S)C=C1. The van der Waals surface area contributed by atoms with Gasteiger partial charge in [-0.2, -0.15) is 9.93 Å². The first-order chi connectivity index (χ1) is 4.83. The molecule has 3 heteroatoms. The molecule has 0 bridgehead atoms. The third-order valence-electron chi connectivity index (χ3n) is 1.36. The highest BCUT2D eigenvalue weighted by Gasteiger charge is 2.00. The largest absolute Gasteiger partial charge is 0.396 e. The number of aliphatic hydroxyl groups excluding tert-OH is 1. The second-order valence-corrected chi connectivity index (χ2v) is 4.93. The van der Waals surface area contributed by atoms with Crippen molar-refractivity contribution in [3.05, 3.63) is 22.5 Å². The molecule has 1 aliphatic heterocycles. The van der Waals surface area contributed by atoms with Gasteiger partial charge in [0.2, 0.25) is 0 Å². The summed E-state index contributed by atoms with van der Waals surface area (Å²) in [6, 6.07) is 0. The Bertz CT molecular complexity index is 163. The van der Waals surface area contributed by atoms with Gasteiger partial charge < -0.3 is 5.11 Å². The molecule has 1 unspecified atom stereocenters. The molecular formula is C7H12OS2. The zero-order valence-electron chi connectivity index (χ0n) is 5.70. The molecule has 0 aromatic rings. The maximum absolute atomic E-state index is 8.53. The second-order valence-electron chi connectivity index (χ2n) is 2.23. The summed E-state index contributed by atoms with van der Waals surface area (Å²) in [7, 11) is -0.251. The first-order valence-corrected chi connectivity index (χ1v) is 5.93. The summed E-state index contributed by atoms with van der Waals surface area (Å²) >= 11 is 4.31. The van der Waals surface area contributed by atoms with Crippen molar-refractivity contribution in [1.29, 1.82) is 0 Å². The molecule has 0 aromatic carbocycles. The number of allylic oxidation sites excluding steroid dienone is 2. The van der Waals surface area contributed by atoms with Crippen molar-refractivity contribution < 1.29 is 5.11 Å². The van der Waals surface area contributed by atoms with Gasteiger partial charge in [0.25, 0.3) is 0 Å². The van der Waals surface area contributed by atoms with Gasteiger partial charge in [0.15, 0.2) is 0 Å². The van der Waals surface area contributed by atoms with Gasteiger partial charge in [-0.1, -0.05) is 6.08 Å². The summed E-state index contributed by atoms with van der Waals surface area (Å²) in [6.45, 7) is 0.287. The number of hydrogen-bond donors (Lipinski definition) is 3. The van der Waals surface area contributed by atoms with Crippen LogP contribution in [0.15, 0.2) is 22.5 Å². The quantitative estimate of drug-likeness (QED) is 0.444. The molecule has 1 atom stereocenters. The molecule has 0 fully saturated rings. The van der Waals surface area contributed by atoms with Gasteiger partial charge in [0.1, 0.15) is 0 Å². The highest BCUT2D eigenvalue weighted by atomic mass is 33.1. The Morgan fingerprint density at radius 2 is 2.40 bits per heavy atom. The van der Waals surface area contributed by atoms with E-state index in [9.17, 15) is 0 Å². The van der Waals surface area contributed by atoms with Crippen LogP contribution in [-0.4, -0.2) is 11.7 Å². The minimum atomic E-state index is -0.251. The number of thiol groups is 2. The van der Waals surface area contributed by atoms with Crippen LogP contribution in [0.2, 0.25) is 0 Å². The van der Waals surface area contributed by atoms with E-state index in [-0.39, 0.29) is 16.5 Å². The molecule has 58 valence electrons. The van der Waals surface area contributed by atoms with Crippen molar-refractivity contribution in [2.45, 2.75) is 12.8 Å². The van der Waals surface area contributed by atoms with Crippen LogP contribution in [-0.2, 0) is 0 Å². The van der Waals surface area contributed by atoms with Gasteiger partial charge in [-0.25, -0.2) is 0 Å². The Morgan fingerprint density at radius 1 is 1.60 bits per heavy atom.